The van der Waals surface area contributed by atoms with Crippen LogP contribution < -0.4 is 9.47 Å². The number of amides is 3. The Hall–Kier alpha value is -3.05. The van der Waals surface area contributed by atoms with Gasteiger partial charge < -0.3 is 38.4 Å². The molecule has 1 aromatic rings. The summed E-state index contributed by atoms with van der Waals surface area (Å²) >= 11 is 0. The van der Waals surface area contributed by atoms with Crippen LogP contribution in [0.25, 0.3) is 0 Å². The number of carbonyl (C=O) groups is 3. The third-order valence-electron chi connectivity index (χ3n) is 8.40. The number of nitrogens with zero attached hydrogens (tertiary/aromatic N) is 3. The number of ether oxygens (including phenoxy) is 5. The van der Waals surface area contributed by atoms with Gasteiger partial charge in [-0.25, -0.2) is 4.79 Å². The van der Waals surface area contributed by atoms with E-state index in [-0.39, 0.29) is 42.1 Å². The van der Waals surface area contributed by atoms with Gasteiger partial charge in [-0.1, -0.05) is 0 Å². The van der Waals surface area contributed by atoms with Crippen LogP contribution >= 0.6 is 0 Å². The van der Waals surface area contributed by atoms with Gasteiger partial charge in [0, 0.05) is 77.1 Å². The molecule has 0 unspecified atom stereocenters. The topological polar surface area (TPSA) is 107 Å². The van der Waals surface area contributed by atoms with Gasteiger partial charge in [-0.2, -0.15) is 0 Å². The maximum absolute atomic E-state index is 14.1. The minimum Gasteiger partial charge on any atom is -0.493 e. The van der Waals surface area contributed by atoms with E-state index in [1.807, 2.05) is 44.4 Å². The normalized spacial score (nSPS) is 18.3. The van der Waals surface area contributed by atoms with Crippen LogP contribution in [0.5, 0.6) is 11.5 Å². The summed E-state index contributed by atoms with van der Waals surface area (Å²) in [4.78, 5) is 46.4. The van der Waals surface area contributed by atoms with E-state index in [1.165, 1.54) is 0 Å². The molecule has 3 amide bonds. The molecule has 2 aliphatic rings. The van der Waals surface area contributed by atoms with Crippen LogP contribution in [0.15, 0.2) is 18.2 Å². The van der Waals surface area contributed by atoms with Crippen molar-refractivity contribution in [2.24, 2.45) is 0 Å². The number of hydrogen-bond donors (Lipinski definition) is 0. The Balaban J connectivity index is 1.79. The van der Waals surface area contributed by atoms with Gasteiger partial charge in [0.2, 0.25) is 5.91 Å². The number of likely N-dealkylation sites (tertiary alicyclic amines) is 1. The Morgan fingerprint density at radius 2 is 1.59 bits per heavy atom. The van der Waals surface area contributed by atoms with Crippen molar-refractivity contribution >= 4 is 17.9 Å². The Labute approximate surface area is 275 Å². The first-order chi connectivity index (χ1) is 21.9. The zero-order chi connectivity index (χ0) is 33.9. The molecular formula is C35H57N3O8. The molecule has 1 saturated heterocycles. The lowest BCUT2D eigenvalue weighted by molar-refractivity contribution is -0.132. The van der Waals surface area contributed by atoms with E-state index in [0.29, 0.717) is 82.1 Å². The quantitative estimate of drug-likeness (QED) is 0.203. The third kappa shape index (κ3) is 11.0. The van der Waals surface area contributed by atoms with E-state index in [4.69, 9.17) is 23.7 Å². The average molecular weight is 648 g/mol. The fraction of sp³-hybridized carbons (Fsp3) is 0.743. The zero-order valence-corrected chi connectivity index (χ0v) is 29.3. The highest BCUT2D eigenvalue weighted by Crippen LogP contribution is 2.33. The van der Waals surface area contributed by atoms with Crippen LogP contribution in [-0.2, 0) is 19.0 Å². The minimum atomic E-state index is -0.664. The molecule has 0 radical (unpaired) electrons. The van der Waals surface area contributed by atoms with Gasteiger partial charge >= 0.3 is 6.09 Å². The first kappa shape index (κ1) is 37.4. The molecule has 2 fully saturated rings. The van der Waals surface area contributed by atoms with Gasteiger partial charge in [0.1, 0.15) is 5.60 Å². The van der Waals surface area contributed by atoms with Crippen LogP contribution in [0.3, 0.4) is 0 Å². The highest BCUT2D eigenvalue weighted by molar-refractivity contribution is 5.95. The lowest BCUT2D eigenvalue weighted by Crippen LogP contribution is -2.58. The standard InChI is InChI=1S/C35H57N3O8/c1-25(2)38(33(40)26-12-17-30(44-8)31(23-26)45-22-10-21-43-7)29-16-15-28(37(24-29)34(41)46-35(3,4)5)18-19-36(27-13-14-27)32(39)11-9-20-42-6/h12,17,23,25,27-29H,9-11,13-16,18-22,24H2,1-8H3/t28-,29+/m0/s1. The molecular weight excluding hydrogens is 590 g/mol. The van der Waals surface area contributed by atoms with Crippen molar-refractivity contribution in [1.29, 1.82) is 0 Å². The third-order valence-corrected chi connectivity index (χ3v) is 8.40. The van der Waals surface area contributed by atoms with Crippen LogP contribution in [0.2, 0.25) is 0 Å². The second kappa shape index (κ2) is 17.8. The molecule has 0 N–H and O–H groups in total. The van der Waals surface area contributed by atoms with E-state index >= 15 is 0 Å². The highest BCUT2D eigenvalue weighted by atomic mass is 16.6. The largest absolute Gasteiger partial charge is 0.493 e. The molecule has 0 bridgehead atoms. The number of carbonyl (C=O) groups excluding carboxylic acids is 3. The molecule has 1 saturated carbocycles. The number of rotatable bonds is 17. The molecule has 0 aromatic heterocycles. The van der Waals surface area contributed by atoms with Crippen LogP contribution in [-0.4, -0.2) is 117 Å². The predicted molar refractivity (Wildman–Crippen MR) is 176 cm³/mol. The van der Waals surface area contributed by atoms with Crippen LogP contribution in [0, 0.1) is 0 Å². The summed E-state index contributed by atoms with van der Waals surface area (Å²) in [6.07, 6.45) is 5.62. The van der Waals surface area contributed by atoms with Crippen molar-refractivity contribution in [3.63, 3.8) is 0 Å². The van der Waals surface area contributed by atoms with Gasteiger partial charge in [0.25, 0.3) is 5.91 Å². The van der Waals surface area contributed by atoms with E-state index in [0.717, 1.165) is 19.3 Å². The molecule has 11 nitrogen and oxygen atoms in total. The summed E-state index contributed by atoms with van der Waals surface area (Å²) in [7, 11) is 4.87. The van der Waals surface area contributed by atoms with E-state index in [1.54, 1.807) is 44.4 Å². The Bertz CT molecular complexity index is 1130. The van der Waals surface area contributed by atoms with Crippen molar-refractivity contribution in [3.8, 4) is 11.5 Å². The SMILES string of the molecule is COCCCOc1cc(C(=O)N(C(C)C)[C@@H]2CC[C@@H](CCN(C(=O)CCCOC)C3CC3)N(C(=O)OC(C)(C)C)C2)ccc1OC. The minimum absolute atomic E-state index is 0.101. The maximum Gasteiger partial charge on any atom is 0.410 e. The molecule has 1 aliphatic heterocycles. The van der Waals surface area contributed by atoms with Crippen molar-refractivity contribution < 1.29 is 38.1 Å². The molecule has 260 valence electrons. The summed E-state index contributed by atoms with van der Waals surface area (Å²) in [5, 5.41) is 0. The smallest absolute Gasteiger partial charge is 0.410 e. The fourth-order valence-corrected chi connectivity index (χ4v) is 6.05. The summed E-state index contributed by atoms with van der Waals surface area (Å²) in [5.41, 5.74) is -0.170. The van der Waals surface area contributed by atoms with Gasteiger partial charge in [-0.15, -0.1) is 0 Å². The molecule has 2 atom stereocenters. The number of piperidine rings is 1. The first-order valence-corrected chi connectivity index (χ1v) is 16.8. The van der Waals surface area contributed by atoms with Crippen molar-refractivity contribution in [3.05, 3.63) is 23.8 Å². The maximum atomic E-state index is 14.1. The van der Waals surface area contributed by atoms with Gasteiger partial charge in [-0.05, 0) is 91.3 Å². The average Bonchev–Trinajstić information content (AvgIpc) is 3.84. The Kier molecular flexibility index (Phi) is 14.4. The Morgan fingerprint density at radius 1 is 0.913 bits per heavy atom. The lowest BCUT2D eigenvalue weighted by atomic mass is 9.93. The van der Waals surface area contributed by atoms with Crippen molar-refractivity contribution in [2.75, 3.05) is 54.2 Å². The summed E-state index contributed by atoms with van der Waals surface area (Å²) in [5.74, 6) is 1.08. The molecule has 1 aromatic carbocycles. The van der Waals surface area contributed by atoms with Crippen molar-refractivity contribution in [2.45, 2.75) is 116 Å². The Morgan fingerprint density at radius 3 is 2.20 bits per heavy atom. The monoisotopic (exact) mass is 647 g/mol. The molecule has 3 rings (SSSR count). The number of benzene rings is 1. The highest BCUT2D eigenvalue weighted by Gasteiger charge is 2.40. The van der Waals surface area contributed by atoms with Crippen LogP contribution in [0.4, 0.5) is 4.79 Å². The van der Waals surface area contributed by atoms with E-state index in [2.05, 4.69) is 0 Å². The van der Waals surface area contributed by atoms with Crippen molar-refractivity contribution in [1.82, 2.24) is 14.7 Å². The predicted octanol–water partition coefficient (Wildman–Crippen LogP) is 5.54. The number of hydrogen-bond acceptors (Lipinski definition) is 8. The molecule has 11 heteroatoms. The first-order valence-electron chi connectivity index (χ1n) is 16.8. The molecule has 0 spiro atoms. The zero-order valence-electron chi connectivity index (χ0n) is 29.3. The lowest BCUT2D eigenvalue weighted by Gasteiger charge is -2.45. The second-order valence-electron chi connectivity index (χ2n) is 13.6. The summed E-state index contributed by atoms with van der Waals surface area (Å²) < 4.78 is 27.6. The number of methoxy groups -OCH3 is 3. The summed E-state index contributed by atoms with van der Waals surface area (Å²) in [6, 6.07) is 5.11. The fourth-order valence-electron chi connectivity index (χ4n) is 6.05. The van der Waals surface area contributed by atoms with Gasteiger partial charge in [0.05, 0.1) is 19.8 Å². The molecule has 46 heavy (non-hydrogen) atoms. The molecule has 1 heterocycles. The summed E-state index contributed by atoms with van der Waals surface area (Å²) in [6.45, 7) is 12.1. The van der Waals surface area contributed by atoms with Crippen LogP contribution in [0.1, 0.15) is 96.3 Å². The van der Waals surface area contributed by atoms with Gasteiger partial charge in [-0.3, -0.25) is 9.59 Å². The van der Waals surface area contributed by atoms with E-state index < -0.39 is 5.60 Å². The molecule has 1 aliphatic carbocycles. The van der Waals surface area contributed by atoms with Gasteiger partial charge in [0.15, 0.2) is 11.5 Å². The van der Waals surface area contributed by atoms with E-state index in [9.17, 15) is 14.4 Å². The second-order valence-corrected chi connectivity index (χ2v) is 13.6.